The van der Waals surface area contributed by atoms with E-state index in [2.05, 4.69) is 16.0 Å². The first kappa shape index (κ1) is 20.8. The highest BCUT2D eigenvalue weighted by Gasteiger charge is 2.31. The summed E-state index contributed by atoms with van der Waals surface area (Å²) in [6, 6.07) is 4.45. The van der Waals surface area contributed by atoms with Crippen molar-refractivity contribution in [1.82, 2.24) is 15.5 Å². The summed E-state index contributed by atoms with van der Waals surface area (Å²) in [6.07, 6.45) is 3.99. The topological polar surface area (TPSA) is 90.5 Å². The quantitative estimate of drug-likeness (QED) is 0.651. The largest absolute Gasteiger partial charge is 0.374 e. The maximum absolute atomic E-state index is 14.8. The fourth-order valence-corrected chi connectivity index (χ4v) is 4.72. The van der Waals surface area contributed by atoms with Crippen LogP contribution in [0.25, 0.3) is 0 Å². The van der Waals surface area contributed by atoms with E-state index in [-0.39, 0.29) is 41.8 Å². The highest BCUT2D eigenvalue weighted by atomic mass is 19.1. The van der Waals surface area contributed by atoms with Crippen LogP contribution in [-0.4, -0.2) is 54.8 Å². The minimum absolute atomic E-state index is 0.0896. The Morgan fingerprint density at radius 3 is 2.47 bits per heavy atom. The van der Waals surface area contributed by atoms with Gasteiger partial charge in [0.25, 0.3) is 0 Å². The van der Waals surface area contributed by atoms with Gasteiger partial charge in [0.2, 0.25) is 17.7 Å². The number of likely N-dealkylation sites (tertiary alicyclic amines) is 1. The Kier molecular flexibility index (Phi) is 6.32. The third kappa shape index (κ3) is 4.64. The number of hydrogen-bond acceptors (Lipinski definition) is 5. The molecule has 1 aromatic rings. The van der Waals surface area contributed by atoms with Crippen molar-refractivity contribution in [2.45, 2.75) is 50.5 Å². The number of benzene rings is 1. The predicted octanol–water partition coefficient (Wildman–Crippen LogP) is 1.75. The van der Waals surface area contributed by atoms with Gasteiger partial charge >= 0.3 is 0 Å². The molecule has 3 aliphatic heterocycles. The van der Waals surface area contributed by atoms with E-state index < -0.39 is 6.04 Å². The first-order valence-corrected chi connectivity index (χ1v) is 10.9. The Labute approximate surface area is 175 Å². The van der Waals surface area contributed by atoms with Gasteiger partial charge < -0.3 is 15.5 Å². The SMILES string of the molecule is O=C1CCC(Nc2ccc(C3CCN(C(=O)C4CCNCC4)CC3)c(F)c2)C(=O)N1. The van der Waals surface area contributed by atoms with Gasteiger partial charge in [0.1, 0.15) is 11.9 Å². The minimum atomic E-state index is -0.530. The molecule has 162 valence electrons. The van der Waals surface area contributed by atoms with Crippen LogP contribution in [0.2, 0.25) is 0 Å². The zero-order chi connectivity index (χ0) is 21.1. The first-order chi connectivity index (χ1) is 14.5. The number of piperidine rings is 3. The number of carbonyl (C=O) groups excluding carboxylic acids is 3. The number of nitrogens with zero attached hydrogens (tertiary/aromatic N) is 1. The van der Waals surface area contributed by atoms with Crippen LogP contribution >= 0.6 is 0 Å². The molecule has 3 amide bonds. The van der Waals surface area contributed by atoms with Gasteiger partial charge in [0.15, 0.2) is 0 Å². The number of halogens is 1. The van der Waals surface area contributed by atoms with E-state index in [9.17, 15) is 18.8 Å². The Bertz CT molecular complexity index is 817. The summed E-state index contributed by atoms with van der Waals surface area (Å²) in [5.41, 5.74) is 1.20. The lowest BCUT2D eigenvalue weighted by atomic mass is 9.87. The van der Waals surface area contributed by atoms with Crippen molar-refractivity contribution in [3.63, 3.8) is 0 Å². The molecule has 0 aliphatic carbocycles. The second-order valence-electron chi connectivity index (χ2n) is 8.51. The highest BCUT2D eigenvalue weighted by Crippen LogP contribution is 2.32. The lowest BCUT2D eigenvalue weighted by Gasteiger charge is -2.35. The molecule has 0 aromatic heterocycles. The number of hydrogen-bond donors (Lipinski definition) is 3. The lowest BCUT2D eigenvalue weighted by molar-refractivity contribution is -0.137. The van der Waals surface area contributed by atoms with Crippen molar-refractivity contribution in [2.24, 2.45) is 5.92 Å². The number of rotatable bonds is 4. The number of imide groups is 1. The van der Waals surface area contributed by atoms with E-state index in [1.165, 1.54) is 6.07 Å². The summed E-state index contributed by atoms with van der Waals surface area (Å²) in [4.78, 5) is 37.8. The molecule has 3 heterocycles. The standard InChI is InChI=1S/C22H29FN4O3/c23-18-13-16(25-19-3-4-20(28)26-21(19)29)1-2-17(18)14-7-11-27(12-8-14)22(30)15-5-9-24-10-6-15/h1-2,13-15,19,24-25H,3-12H2,(H,26,28,29). The molecule has 3 fully saturated rings. The zero-order valence-corrected chi connectivity index (χ0v) is 17.1. The molecular formula is C22H29FN4O3. The third-order valence-electron chi connectivity index (χ3n) is 6.52. The zero-order valence-electron chi connectivity index (χ0n) is 17.1. The monoisotopic (exact) mass is 416 g/mol. The fourth-order valence-electron chi connectivity index (χ4n) is 4.72. The van der Waals surface area contributed by atoms with Gasteiger partial charge in [-0.15, -0.1) is 0 Å². The van der Waals surface area contributed by atoms with E-state index >= 15 is 0 Å². The predicted molar refractivity (Wildman–Crippen MR) is 110 cm³/mol. The normalized spacial score (nSPS) is 23.9. The second kappa shape index (κ2) is 9.12. The molecule has 1 unspecified atom stereocenters. The van der Waals surface area contributed by atoms with Gasteiger partial charge in [0.05, 0.1) is 0 Å². The Hall–Kier alpha value is -2.48. The van der Waals surface area contributed by atoms with Gasteiger partial charge in [-0.2, -0.15) is 0 Å². The van der Waals surface area contributed by atoms with Crippen LogP contribution < -0.4 is 16.0 Å². The van der Waals surface area contributed by atoms with Crippen LogP contribution in [0.5, 0.6) is 0 Å². The molecule has 7 nitrogen and oxygen atoms in total. The molecule has 4 rings (SSSR count). The number of carbonyl (C=O) groups is 3. The lowest BCUT2D eigenvalue weighted by Crippen LogP contribution is -2.47. The Morgan fingerprint density at radius 2 is 1.80 bits per heavy atom. The molecular weight excluding hydrogens is 387 g/mol. The van der Waals surface area contributed by atoms with Gasteiger partial charge in [-0.1, -0.05) is 6.07 Å². The van der Waals surface area contributed by atoms with E-state index in [1.54, 1.807) is 12.1 Å². The average molecular weight is 416 g/mol. The molecule has 0 bridgehead atoms. The van der Waals surface area contributed by atoms with Crippen LogP contribution in [0, 0.1) is 11.7 Å². The molecule has 30 heavy (non-hydrogen) atoms. The maximum Gasteiger partial charge on any atom is 0.249 e. The molecule has 1 atom stereocenters. The van der Waals surface area contributed by atoms with Gasteiger partial charge in [0, 0.05) is 31.1 Å². The first-order valence-electron chi connectivity index (χ1n) is 10.9. The summed E-state index contributed by atoms with van der Waals surface area (Å²) < 4.78 is 14.8. The van der Waals surface area contributed by atoms with Gasteiger partial charge in [-0.05, 0) is 68.8 Å². The van der Waals surface area contributed by atoms with Crippen molar-refractivity contribution >= 4 is 23.4 Å². The van der Waals surface area contributed by atoms with Crippen LogP contribution in [-0.2, 0) is 14.4 Å². The van der Waals surface area contributed by atoms with Crippen molar-refractivity contribution in [3.05, 3.63) is 29.6 Å². The molecule has 0 spiro atoms. The molecule has 3 aliphatic rings. The number of anilines is 1. The molecule has 0 radical (unpaired) electrons. The van der Waals surface area contributed by atoms with Crippen molar-refractivity contribution in [1.29, 1.82) is 0 Å². The van der Waals surface area contributed by atoms with E-state index in [4.69, 9.17) is 0 Å². The number of amides is 3. The smallest absolute Gasteiger partial charge is 0.249 e. The molecule has 1 aromatic carbocycles. The number of nitrogens with one attached hydrogen (secondary N) is 3. The molecule has 0 saturated carbocycles. The highest BCUT2D eigenvalue weighted by molar-refractivity contribution is 6.01. The van der Waals surface area contributed by atoms with E-state index in [0.717, 1.165) is 38.8 Å². The summed E-state index contributed by atoms with van der Waals surface area (Å²) in [5, 5.41) is 8.60. The minimum Gasteiger partial charge on any atom is -0.374 e. The fraction of sp³-hybridized carbons (Fsp3) is 0.591. The van der Waals surface area contributed by atoms with Crippen LogP contribution in [0.1, 0.15) is 50.0 Å². The van der Waals surface area contributed by atoms with Crippen LogP contribution in [0.3, 0.4) is 0 Å². The van der Waals surface area contributed by atoms with Gasteiger partial charge in [-0.25, -0.2) is 4.39 Å². The maximum atomic E-state index is 14.8. The van der Waals surface area contributed by atoms with E-state index in [1.807, 2.05) is 4.90 Å². The molecule has 8 heteroatoms. The van der Waals surface area contributed by atoms with Crippen molar-refractivity contribution < 1.29 is 18.8 Å². The summed E-state index contributed by atoms with van der Waals surface area (Å²) in [6.45, 7) is 3.14. The second-order valence-corrected chi connectivity index (χ2v) is 8.51. The van der Waals surface area contributed by atoms with Crippen molar-refractivity contribution in [2.75, 3.05) is 31.5 Å². The summed E-state index contributed by atoms with van der Waals surface area (Å²) >= 11 is 0. The average Bonchev–Trinajstić information content (AvgIpc) is 2.76. The Balaban J connectivity index is 1.33. The van der Waals surface area contributed by atoms with Crippen LogP contribution in [0.4, 0.5) is 10.1 Å². The summed E-state index contributed by atoms with van der Waals surface area (Å²) in [7, 11) is 0. The van der Waals surface area contributed by atoms with Gasteiger partial charge in [-0.3, -0.25) is 19.7 Å². The Morgan fingerprint density at radius 1 is 1.07 bits per heavy atom. The molecule has 3 saturated heterocycles. The van der Waals surface area contributed by atoms with Crippen molar-refractivity contribution in [3.8, 4) is 0 Å². The van der Waals surface area contributed by atoms with E-state index in [0.29, 0.717) is 30.8 Å². The third-order valence-corrected chi connectivity index (χ3v) is 6.52. The summed E-state index contributed by atoms with van der Waals surface area (Å²) in [5.74, 6) is -0.482. The van der Waals surface area contributed by atoms with Crippen LogP contribution in [0.15, 0.2) is 18.2 Å². The molecule has 3 N–H and O–H groups in total.